The molecule has 0 spiro atoms. The molecule has 0 saturated carbocycles. The number of aromatic nitrogens is 1. The summed E-state index contributed by atoms with van der Waals surface area (Å²) in [6.45, 7) is 0. The van der Waals surface area contributed by atoms with Gasteiger partial charge in [-0.15, -0.1) is 0 Å². The lowest BCUT2D eigenvalue weighted by atomic mass is 10.3. The SMILES string of the molecule is O=[N+]([O-])c1nc(F)c(C(F)F)cc1Cl. The Morgan fingerprint density at radius 3 is 2.57 bits per heavy atom. The lowest BCUT2D eigenvalue weighted by molar-refractivity contribution is -0.389. The van der Waals surface area contributed by atoms with E-state index in [2.05, 4.69) is 4.98 Å². The van der Waals surface area contributed by atoms with Gasteiger partial charge in [0.15, 0.2) is 0 Å². The van der Waals surface area contributed by atoms with Crippen LogP contribution in [0.15, 0.2) is 6.07 Å². The minimum atomic E-state index is -3.11. The second-order valence-corrected chi connectivity index (χ2v) is 2.64. The average molecular weight is 227 g/mol. The van der Waals surface area contributed by atoms with Crippen molar-refractivity contribution >= 4 is 17.4 Å². The molecule has 0 atom stereocenters. The Balaban J connectivity index is 3.31. The van der Waals surface area contributed by atoms with Gasteiger partial charge >= 0.3 is 11.8 Å². The Morgan fingerprint density at radius 1 is 1.57 bits per heavy atom. The summed E-state index contributed by atoms with van der Waals surface area (Å²) in [6.07, 6.45) is -3.11. The van der Waals surface area contributed by atoms with Crippen LogP contribution in [0.5, 0.6) is 0 Å². The number of pyridine rings is 1. The van der Waals surface area contributed by atoms with E-state index in [0.717, 1.165) is 0 Å². The highest BCUT2D eigenvalue weighted by Crippen LogP contribution is 2.29. The van der Waals surface area contributed by atoms with Gasteiger partial charge in [0, 0.05) is 0 Å². The standard InChI is InChI=1S/C6H2ClF3N2O2/c7-3-1-2(4(8)9)5(10)11-6(3)12(13)14/h1,4H. The molecule has 0 N–H and O–H groups in total. The van der Waals surface area contributed by atoms with E-state index in [1.165, 1.54) is 0 Å². The predicted octanol–water partition coefficient (Wildman–Crippen LogP) is 2.72. The van der Waals surface area contributed by atoms with Gasteiger partial charge in [-0.3, -0.25) is 0 Å². The zero-order valence-electron chi connectivity index (χ0n) is 6.38. The van der Waals surface area contributed by atoms with Crippen molar-refractivity contribution in [1.29, 1.82) is 0 Å². The molecule has 0 aliphatic heterocycles. The topological polar surface area (TPSA) is 56.0 Å². The molecule has 0 aromatic carbocycles. The van der Waals surface area contributed by atoms with Crippen LogP contribution in [0.2, 0.25) is 5.02 Å². The maximum Gasteiger partial charge on any atom is 0.385 e. The highest BCUT2D eigenvalue weighted by atomic mass is 35.5. The monoisotopic (exact) mass is 226 g/mol. The summed E-state index contributed by atoms with van der Waals surface area (Å²) < 4.78 is 36.8. The predicted molar refractivity (Wildman–Crippen MR) is 40.8 cm³/mol. The highest BCUT2D eigenvalue weighted by molar-refractivity contribution is 6.32. The summed E-state index contributed by atoms with van der Waals surface area (Å²) in [5.74, 6) is -2.57. The third kappa shape index (κ3) is 1.92. The van der Waals surface area contributed by atoms with Gasteiger partial charge in [0.05, 0.1) is 0 Å². The van der Waals surface area contributed by atoms with Gasteiger partial charge in [-0.2, -0.15) is 4.39 Å². The van der Waals surface area contributed by atoms with Crippen LogP contribution in [0.4, 0.5) is 19.0 Å². The minimum Gasteiger partial charge on any atom is -0.358 e. The van der Waals surface area contributed by atoms with Gasteiger partial charge in [-0.25, -0.2) is 8.78 Å². The van der Waals surface area contributed by atoms with E-state index in [0.29, 0.717) is 6.07 Å². The van der Waals surface area contributed by atoms with Crippen molar-refractivity contribution in [3.63, 3.8) is 0 Å². The summed E-state index contributed by atoms with van der Waals surface area (Å²) in [6, 6.07) is 0.493. The van der Waals surface area contributed by atoms with Crippen LogP contribution in [0.1, 0.15) is 12.0 Å². The van der Waals surface area contributed by atoms with E-state index >= 15 is 0 Å². The largest absolute Gasteiger partial charge is 0.385 e. The van der Waals surface area contributed by atoms with Gasteiger partial charge in [0.2, 0.25) is 0 Å². The second kappa shape index (κ2) is 3.79. The molecule has 4 nitrogen and oxygen atoms in total. The summed E-state index contributed by atoms with van der Waals surface area (Å²) in [4.78, 5) is 11.8. The molecule has 0 saturated heterocycles. The summed E-state index contributed by atoms with van der Waals surface area (Å²) in [5, 5.41) is 9.54. The number of hydrogen-bond donors (Lipinski definition) is 0. The molecule has 0 amide bonds. The van der Waals surface area contributed by atoms with Crippen molar-refractivity contribution in [1.82, 2.24) is 4.98 Å². The molecule has 8 heteroatoms. The molecule has 1 rings (SSSR count). The van der Waals surface area contributed by atoms with Crippen LogP contribution >= 0.6 is 11.6 Å². The molecule has 1 aromatic heterocycles. The number of halogens is 4. The van der Waals surface area contributed by atoms with Crippen LogP contribution in [-0.2, 0) is 0 Å². The molecule has 0 unspecified atom stereocenters. The lowest BCUT2D eigenvalue weighted by Crippen LogP contribution is -2.00. The smallest absolute Gasteiger partial charge is 0.358 e. The molecule has 0 radical (unpaired) electrons. The minimum absolute atomic E-state index is 0.493. The van der Waals surface area contributed by atoms with Crippen molar-refractivity contribution in [3.05, 3.63) is 32.7 Å². The Bertz CT molecular complexity index is 386. The second-order valence-electron chi connectivity index (χ2n) is 2.23. The molecule has 1 aromatic rings. The average Bonchev–Trinajstić information content (AvgIpc) is 2.07. The molecule has 1 heterocycles. The maximum absolute atomic E-state index is 12.7. The Kier molecular flexibility index (Phi) is 2.90. The van der Waals surface area contributed by atoms with Gasteiger partial charge in [0.1, 0.15) is 10.6 Å². The first-order chi connectivity index (χ1) is 6.43. The summed E-state index contributed by atoms with van der Waals surface area (Å²) in [7, 11) is 0. The van der Waals surface area contributed by atoms with E-state index in [1.54, 1.807) is 0 Å². The third-order valence-electron chi connectivity index (χ3n) is 1.35. The zero-order chi connectivity index (χ0) is 10.9. The number of hydrogen-bond acceptors (Lipinski definition) is 3. The van der Waals surface area contributed by atoms with Crippen molar-refractivity contribution < 1.29 is 18.1 Å². The van der Waals surface area contributed by atoms with Crippen molar-refractivity contribution in [3.8, 4) is 0 Å². The van der Waals surface area contributed by atoms with E-state index in [9.17, 15) is 23.3 Å². The van der Waals surface area contributed by atoms with Crippen LogP contribution in [0, 0.1) is 16.1 Å². The lowest BCUT2D eigenvalue weighted by Gasteiger charge is -1.99. The number of nitro groups is 1. The van der Waals surface area contributed by atoms with Crippen molar-refractivity contribution in [2.45, 2.75) is 6.43 Å². The van der Waals surface area contributed by atoms with E-state index in [-0.39, 0.29) is 0 Å². The highest BCUT2D eigenvalue weighted by Gasteiger charge is 2.25. The van der Waals surface area contributed by atoms with Crippen LogP contribution in [-0.4, -0.2) is 9.91 Å². The normalized spacial score (nSPS) is 10.6. The molecule has 76 valence electrons. The Hall–Kier alpha value is -1.37. The van der Waals surface area contributed by atoms with Gasteiger partial charge in [-0.1, -0.05) is 11.6 Å². The third-order valence-corrected chi connectivity index (χ3v) is 1.62. The zero-order valence-corrected chi connectivity index (χ0v) is 7.13. The first-order valence-corrected chi connectivity index (χ1v) is 3.59. The number of alkyl halides is 2. The van der Waals surface area contributed by atoms with E-state index in [4.69, 9.17) is 11.6 Å². The van der Waals surface area contributed by atoms with Crippen LogP contribution in [0.25, 0.3) is 0 Å². The molecule has 14 heavy (non-hydrogen) atoms. The van der Waals surface area contributed by atoms with Gasteiger partial charge in [-0.05, 0) is 16.0 Å². The number of nitrogens with zero attached hydrogens (tertiary/aromatic N) is 2. The van der Waals surface area contributed by atoms with Gasteiger partial charge in [0.25, 0.3) is 6.43 Å². The Morgan fingerprint density at radius 2 is 2.14 bits per heavy atom. The molecule has 0 aliphatic rings. The fraction of sp³-hybridized carbons (Fsp3) is 0.167. The van der Waals surface area contributed by atoms with Crippen molar-refractivity contribution in [2.24, 2.45) is 0 Å². The van der Waals surface area contributed by atoms with Crippen LogP contribution in [0.3, 0.4) is 0 Å². The first-order valence-electron chi connectivity index (χ1n) is 3.22. The first kappa shape index (κ1) is 10.7. The number of rotatable bonds is 2. The fourth-order valence-corrected chi connectivity index (χ4v) is 0.981. The van der Waals surface area contributed by atoms with Crippen molar-refractivity contribution in [2.75, 3.05) is 0 Å². The van der Waals surface area contributed by atoms with E-state index < -0.39 is 33.7 Å². The van der Waals surface area contributed by atoms with Crippen LogP contribution < -0.4 is 0 Å². The molecule has 0 fully saturated rings. The molecular formula is C6H2ClF3N2O2. The maximum atomic E-state index is 12.7. The molecular weight excluding hydrogens is 225 g/mol. The summed E-state index contributed by atoms with van der Waals surface area (Å²) in [5.41, 5.74) is -1.06. The quantitative estimate of drug-likeness (QED) is 0.443. The molecule has 0 aliphatic carbocycles. The Labute approximate surface area is 80.5 Å². The fourth-order valence-electron chi connectivity index (χ4n) is 0.753. The summed E-state index contributed by atoms with van der Waals surface area (Å²) >= 11 is 5.24. The molecule has 0 bridgehead atoms. The van der Waals surface area contributed by atoms with Gasteiger partial charge < -0.3 is 10.1 Å². The van der Waals surface area contributed by atoms with E-state index in [1.807, 2.05) is 0 Å².